The Balaban J connectivity index is 2.56. The molecule has 2 rings (SSSR count). The average molecular weight is 324 g/mol. The molecule has 0 aliphatic rings. The second-order valence-electron chi connectivity index (χ2n) is 5.38. The van der Waals surface area contributed by atoms with E-state index in [0.717, 1.165) is 5.69 Å². The molecule has 0 aliphatic carbocycles. The van der Waals surface area contributed by atoms with Gasteiger partial charge in [-0.3, -0.25) is 0 Å². The topological polar surface area (TPSA) is 51.8 Å². The van der Waals surface area contributed by atoms with E-state index in [2.05, 4.69) is 25.9 Å². The summed E-state index contributed by atoms with van der Waals surface area (Å²) in [5.41, 5.74) is 7.11. The number of halogens is 2. The molecule has 2 aromatic rings. The minimum absolute atomic E-state index is 0.139. The van der Waals surface area contributed by atoms with Gasteiger partial charge in [0.25, 0.3) is 0 Å². The molecule has 0 saturated heterocycles. The molecule has 0 radical (unpaired) electrons. The second kappa shape index (κ2) is 4.89. The van der Waals surface area contributed by atoms with Crippen molar-refractivity contribution in [3.63, 3.8) is 0 Å². The first-order valence-corrected chi connectivity index (χ1v) is 6.67. The van der Waals surface area contributed by atoms with Crippen LogP contribution in [0.25, 0.3) is 11.4 Å². The molecule has 100 valence electrons. The maximum absolute atomic E-state index is 13.6. The highest BCUT2D eigenvalue weighted by Gasteiger charge is 2.18. The minimum atomic E-state index is -0.346. The van der Waals surface area contributed by atoms with Crippen LogP contribution in [-0.4, -0.2) is 9.97 Å². The van der Waals surface area contributed by atoms with Crippen molar-refractivity contribution in [3.8, 4) is 11.4 Å². The molecule has 5 heteroatoms. The number of hydrogen-bond donors (Lipinski definition) is 1. The normalized spacial score (nSPS) is 11.6. The third-order valence-corrected chi connectivity index (χ3v) is 3.34. The fourth-order valence-corrected chi connectivity index (χ4v) is 1.86. The summed E-state index contributed by atoms with van der Waals surface area (Å²) in [6, 6.07) is 6.53. The minimum Gasteiger partial charge on any atom is -0.384 e. The summed E-state index contributed by atoms with van der Waals surface area (Å²) in [5, 5.41) is 0. The molecular formula is C14H15BrFN3. The predicted octanol–water partition coefficient (Wildman–Crippen LogP) is 3.92. The highest BCUT2D eigenvalue weighted by atomic mass is 79.9. The van der Waals surface area contributed by atoms with E-state index in [1.54, 1.807) is 18.2 Å². The van der Waals surface area contributed by atoms with Crippen molar-refractivity contribution in [3.05, 3.63) is 40.2 Å². The van der Waals surface area contributed by atoms with Crippen LogP contribution in [-0.2, 0) is 5.41 Å². The Morgan fingerprint density at radius 2 is 1.84 bits per heavy atom. The number of nitrogen functional groups attached to an aromatic ring is 1. The van der Waals surface area contributed by atoms with Crippen molar-refractivity contribution < 1.29 is 4.39 Å². The predicted molar refractivity (Wildman–Crippen MR) is 78.2 cm³/mol. The largest absolute Gasteiger partial charge is 0.384 e. The van der Waals surface area contributed by atoms with Crippen molar-refractivity contribution in [2.45, 2.75) is 26.2 Å². The van der Waals surface area contributed by atoms with Crippen LogP contribution < -0.4 is 5.73 Å². The van der Waals surface area contributed by atoms with Gasteiger partial charge < -0.3 is 5.73 Å². The number of anilines is 1. The summed E-state index contributed by atoms with van der Waals surface area (Å²) >= 11 is 3.12. The summed E-state index contributed by atoms with van der Waals surface area (Å²) in [6.45, 7) is 6.13. The molecule has 1 aromatic carbocycles. The van der Waals surface area contributed by atoms with E-state index in [9.17, 15) is 4.39 Å². The summed E-state index contributed by atoms with van der Waals surface area (Å²) in [6.07, 6.45) is 0. The Hall–Kier alpha value is -1.49. The first-order chi connectivity index (χ1) is 8.77. The third kappa shape index (κ3) is 3.10. The van der Waals surface area contributed by atoms with Gasteiger partial charge in [-0.25, -0.2) is 14.4 Å². The van der Waals surface area contributed by atoms with Gasteiger partial charge in [-0.15, -0.1) is 0 Å². The van der Waals surface area contributed by atoms with Gasteiger partial charge in [0.15, 0.2) is 5.82 Å². The number of nitrogens with two attached hydrogens (primary N) is 1. The van der Waals surface area contributed by atoms with Crippen LogP contribution >= 0.6 is 15.9 Å². The highest BCUT2D eigenvalue weighted by Crippen LogP contribution is 2.26. The molecule has 3 nitrogen and oxygen atoms in total. The Morgan fingerprint density at radius 3 is 2.42 bits per heavy atom. The first kappa shape index (κ1) is 13.9. The van der Waals surface area contributed by atoms with Crippen LogP contribution in [0.5, 0.6) is 0 Å². The van der Waals surface area contributed by atoms with Gasteiger partial charge >= 0.3 is 0 Å². The fourth-order valence-electron chi connectivity index (χ4n) is 1.61. The molecule has 1 heterocycles. The monoisotopic (exact) mass is 323 g/mol. The first-order valence-electron chi connectivity index (χ1n) is 5.88. The Kier molecular flexibility index (Phi) is 3.58. The van der Waals surface area contributed by atoms with Gasteiger partial charge in [0, 0.05) is 17.0 Å². The zero-order valence-electron chi connectivity index (χ0n) is 11.0. The molecule has 0 saturated carbocycles. The Morgan fingerprint density at radius 1 is 1.16 bits per heavy atom. The smallest absolute Gasteiger partial charge is 0.161 e. The number of hydrogen-bond acceptors (Lipinski definition) is 3. The summed E-state index contributed by atoms with van der Waals surface area (Å²) in [7, 11) is 0. The Labute approximate surface area is 120 Å². The molecule has 2 N–H and O–H groups in total. The van der Waals surface area contributed by atoms with E-state index in [4.69, 9.17) is 5.73 Å². The molecule has 0 aliphatic heterocycles. The van der Waals surface area contributed by atoms with Gasteiger partial charge in [-0.05, 0) is 34.1 Å². The summed E-state index contributed by atoms with van der Waals surface area (Å²) in [5.74, 6) is 0.482. The molecular weight excluding hydrogens is 309 g/mol. The van der Waals surface area contributed by atoms with Crippen molar-refractivity contribution in [2.75, 3.05) is 5.73 Å². The van der Waals surface area contributed by atoms with Crippen molar-refractivity contribution in [1.82, 2.24) is 9.97 Å². The Bertz CT molecular complexity index is 621. The summed E-state index contributed by atoms with van der Waals surface area (Å²) in [4.78, 5) is 8.65. The quantitative estimate of drug-likeness (QED) is 0.865. The molecule has 0 fully saturated rings. The number of benzene rings is 1. The maximum Gasteiger partial charge on any atom is 0.161 e. The van der Waals surface area contributed by atoms with Crippen LogP contribution in [0.1, 0.15) is 26.5 Å². The molecule has 0 atom stereocenters. The molecule has 0 bridgehead atoms. The SMILES string of the molecule is CC(C)(C)c1cc(N)nc(-c2ccc(Br)c(F)c2)n1. The number of aromatic nitrogens is 2. The van der Waals surface area contributed by atoms with Gasteiger partial charge in [0.05, 0.1) is 10.2 Å². The van der Waals surface area contributed by atoms with E-state index < -0.39 is 0 Å². The van der Waals surface area contributed by atoms with Crippen LogP contribution in [0.15, 0.2) is 28.7 Å². The van der Waals surface area contributed by atoms with Crippen LogP contribution in [0, 0.1) is 5.82 Å². The van der Waals surface area contributed by atoms with Gasteiger partial charge in [-0.2, -0.15) is 0 Å². The van der Waals surface area contributed by atoms with Crippen molar-refractivity contribution >= 4 is 21.7 Å². The molecule has 0 unspecified atom stereocenters. The third-order valence-electron chi connectivity index (χ3n) is 2.69. The highest BCUT2D eigenvalue weighted by molar-refractivity contribution is 9.10. The van der Waals surface area contributed by atoms with Gasteiger partial charge in [0.2, 0.25) is 0 Å². The number of nitrogens with zero attached hydrogens (tertiary/aromatic N) is 2. The zero-order valence-corrected chi connectivity index (χ0v) is 12.6. The van der Waals surface area contributed by atoms with E-state index in [0.29, 0.717) is 21.7 Å². The lowest BCUT2D eigenvalue weighted by atomic mass is 9.92. The van der Waals surface area contributed by atoms with E-state index in [-0.39, 0.29) is 11.2 Å². The average Bonchev–Trinajstić information content (AvgIpc) is 2.31. The molecule has 0 spiro atoms. The van der Waals surface area contributed by atoms with Crippen LogP contribution in [0.3, 0.4) is 0 Å². The summed E-state index contributed by atoms with van der Waals surface area (Å²) < 4.78 is 14.0. The van der Waals surface area contributed by atoms with Crippen molar-refractivity contribution in [2.24, 2.45) is 0 Å². The number of rotatable bonds is 1. The van der Waals surface area contributed by atoms with Crippen LogP contribution in [0.2, 0.25) is 0 Å². The van der Waals surface area contributed by atoms with Crippen molar-refractivity contribution in [1.29, 1.82) is 0 Å². The van der Waals surface area contributed by atoms with Gasteiger partial charge in [-0.1, -0.05) is 20.8 Å². The van der Waals surface area contributed by atoms with Crippen LogP contribution in [0.4, 0.5) is 10.2 Å². The molecule has 0 amide bonds. The zero-order chi connectivity index (χ0) is 14.2. The lowest BCUT2D eigenvalue weighted by molar-refractivity contribution is 0.568. The standard InChI is InChI=1S/C14H15BrFN3/c1-14(2,3)11-7-12(17)19-13(18-11)8-4-5-9(15)10(16)6-8/h4-7H,1-3H3,(H2,17,18,19). The second-order valence-corrected chi connectivity index (χ2v) is 6.23. The maximum atomic E-state index is 13.6. The van der Waals surface area contributed by atoms with E-state index in [1.807, 2.05) is 20.8 Å². The van der Waals surface area contributed by atoms with Gasteiger partial charge in [0.1, 0.15) is 11.6 Å². The molecule has 19 heavy (non-hydrogen) atoms. The van der Waals surface area contributed by atoms with E-state index in [1.165, 1.54) is 6.07 Å². The molecule has 1 aromatic heterocycles. The lowest BCUT2D eigenvalue weighted by Crippen LogP contribution is -2.15. The van der Waals surface area contributed by atoms with E-state index >= 15 is 0 Å². The fraction of sp³-hybridized carbons (Fsp3) is 0.286. The lowest BCUT2D eigenvalue weighted by Gasteiger charge is -2.18.